The standard InChI is InChI=1S/C31H38N4O6S/c1-20-26-18-40-16-15-33(2)42(38,39)32-31(37)22-13-14-23-25(17-22)35(20)30(29(23)21-9-5-4-6-10-21)24-11-7-8-12-27(24)41-19-28(36)34(26)3/h7-8,11-14,17,20-21,26H,4-6,9-10,15-16,18-19H2,1-3H3,(H,32,37). The molecule has 3 heterocycles. The number of para-hydroxylation sites is 1. The van der Waals surface area contributed by atoms with Crippen molar-refractivity contribution < 1.29 is 27.5 Å². The van der Waals surface area contributed by atoms with Gasteiger partial charge in [-0.2, -0.15) is 12.7 Å². The number of ether oxygens (including phenoxy) is 2. The fraction of sp³-hybridized carbons (Fsp3) is 0.484. The lowest BCUT2D eigenvalue weighted by Gasteiger charge is -2.36. The summed E-state index contributed by atoms with van der Waals surface area (Å²) in [5.74, 6) is 0.0597. The SMILES string of the molecule is CC1C2COCCN(C)S(=O)(=O)NC(=O)c3ccc4c(C5CCCCC5)c(n1c4c3)-c1ccccc1OCC(=O)N2C. The van der Waals surface area contributed by atoms with Crippen LogP contribution < -0.4 is 9.46 Å². The molecule has 3 aliphatic rings. The quantitative estimate of drug-likeness (QED) is 0.455. The predicted molar refractivity (Wildman–Crippen MR) is 160 cm³/mol. The second-order valence-corrected chi connectivity index (χ2v) is 13.4. The summed E-state index contributed by atoms with van der Waals surface area (Å²) in [5, 5.41) is 1.02. The lowest BCUT2D eigenvalue weighted by atomic mass is 9.81. The summed E-state index contributed by atoms with van der Waals surface area (Å²) in [4.78, 5) is 28.4. The van der Waals surface area contributed by atoms with E-state index >= 15 is 0 Å². The highest BCUT2D eigenvalue weighted by Crippen LogP contribution is 2.48. The van der Waals surface area contributed by atoms with Gasteiger partial charge in [-0.15, -0.1) is 0 Å². The first kappa shape index (κ1) is 28.7. The molecule has 0 radical (unpaired) electrons. The minimum absolute atomic E-state index is 0.0444. The van der Waals surface area contributed by atoms with Crippen LogP contribution in [0.3, 0.4) is 0 Å². The first-order valence-electron chi connectivity index (χ1n) is 14.7. The highest BCUT2D eigenvalue weighted by Gasteiger charge is 2.36. The molecule has 1 N–H and O–H groups in total. The molecule has 4 bridgehead atoms. The summed E-state index contributed by atoms with van der Waals surface area (Å²) >= 11 is 0. The predicted octanol–water partition coefficient (Wildman–Crippen LogP) is 4.07. The Morgan fingerprint density at radius 2 is 1.76 bits per heavy atom. The minimum atomic E-state index is -4.08. The number of likely N-dealkylation sites (N-methyl/N-ethyl adjacent to an activating group) is 2. The molecule has 10 nitrogen and oxygen atoms in total. The van der Waals surface area contributed by atoms with Crippen LogP contribution in [0.5, 0.6) is 5.75 Å². The number of carbonyl (C=O) groups excluding carboxylic acids is 2. The number of nitrogens with zero attached hydrogens (tertiary/aromatic N) is 3. The van der Waals surface area contributed by atoms with Crippen LogP contribution in [0.1, 0.15) is 66.9 Å². The van der Waals surface area contributed by atoms with Crippen molar-refractivity contribution in [3.8, 4) is 17.0 Å². The van der Waals surface area contributed by atoms with Crippen molar-refractivity contribution in [1.29, 1.82) is 0 Å². The van der Waals surface area contributed by atoms with Gasteiger partial charge in [0, 0.05) is 42.7 Å². The van der Waals surface area contributed by atoms with Gasteiger partial charge in [-0.25, -0.2) is 4.72 Å². The van der Waals surface area contributed by atoms with E-state index in [1.165, 1.54) is 19.0 Å². The highest BCUT2D eigenvalue weighted by molar-refractivity contribution is 7.87. The number of amides is 2. The molecule has 2 aromatic carbocycles. The van der Waals surface area contributed by atoms with E-state index in [-0.39, 0.29) is 49.9 Å². The Morgan fingerprint density at radius 1 is 1.00 bits per heavy atom. The van der Waals surface area contributed by atoms with E-state index in [9.17, 15) is 18.0 Å². The molecule has 2 aliphatic heterocycles. The normalized spacial score (nSPS) is 24.2. The van der Waals surface area contributed by atoms with E-state index in [0.29, 0.717) is 11.7 Å². The number of aromatic nitrogens is 1. The van der Waals surface area contributed by atoms with Crippen molar-refractivity contribution in [1.82, 2.24) is 18.5 Å². The molecule has 1 aromatic heterocycles. The molecule has 3 aromatic rings. The van der Waals surface area contributed by atoms with Crippen molar-refractivity contribution in [2.45, 2.75) is 57.0 Å². The monoisotopic (exact) mass is 594 g/mol. The second kappa shape index (κ2) is 11.3. The zero-order chi connectivity index (χ0) is 29.6. The van der Waals surface area contributed by atoms with Crippen molar-refractivity contribution in [2.75, 3.05) is 40.5 Å². The third-order valence-electron chi connectivity index (χ3n) is 9.14. The molecule has 224 valence electrons. The Labute approximate surface area is 246 Å². The highest BCUT2D eigenvalue weighted by atomic mass is 32.2. The first-order valence-corrected chi connectivity index (χ1v) is 16.1. The van der Waals surface area contributed by atoms with Crippen molar-refractivity contribution >= 4 is 32.9 Å². The van der Waals surface area contributed by atoms with Crippen LogP contribution in [0.4, 0.5) is 0 Å². The van der Waals surface area contributed by atoms with Gasteiger partial charge in [-0.3, -0.25) is 9.59 Å². The third-order valence-corrected chi connectivity index (χ3v) is 10.6. The minimum Gasteiger partial charge on any atom is -0.483 e. The van der Waals surface area contributed by atoms with Crippen molar-refractivity contribution in [3.63, 3.8) is 0 Å². The van der Waals surface area contributed by atoms with Gasteiger partial charge in [0.2, 0.25) is 0 Å². The molecule has 2 unspecified atom stereocenters. The van der Waals surface area contributed by atoms with Gasteiger partial charge in [0.15, 0.2) is 6.61 Å². The maximum atomic E-state index is 13.4. The number of fused-ring (bicyclic) bond motifs is 4. The van der Waals surface area contributed by atoms with Crippen molar-refractivity contribution in [3.05, 3.63) is 53.6 Å². The van der Waals surface area contributed by atoms with Gasteiger partial charge in [-0.1, -0.05) is 37.5 Å². The molecule has 2 atom stereocenters. The lowest BCUT2D eigenvalue weighted by Crippen LogP contribution is -2.47. The topological polar surface area (TPSA) is 110 Å². The summed E-state index contributed by atoms with van der Waals surface area (Å²) in [6.45, 7) is 2.32. The summed E-state index contributed by atoms with van der Waals surface area (Å²) in [7, 11) is -0.920. The number of hydrogen-bond acceptors (Lipinski definition) is 6. The molecular weight excluding hydrogens is 556 g/mol. The molecule has 42 heavy (non-hydrogen) atoms. The zero-order valence-corrected chi connectivity index (χ0v) is 25.2. The molecule has 2 amide bonds. The maximum absolute atomic E-state index is 13.4. The summed E-state index contributed by atoms with van der Waals surface area (Å²) in [6.07, 6.45) is 5.61. The van der Waals surface area contributed by atoms with Crippen LogP contribution >= 0.6 is 0 Å². The lowest BCUT2D eigenvalue weighted by molar-refractivity contribution is -0.136. The second-order valence-electron chi connectivity index (χ2n) is 11.6. The van der Waals surface area contributed by atoms with Crippen LogP contribution in [0.15, 0.2) is 42.5 Å². The molecule has 6 rings (SSSR count). The molecule has 1 aliphatic carbocycles. The fourth-order valence-electron chi connectivity index (χ4n) is 6.71. The molecular formula is C31H38N4O6S. The van der Waals surface area contributed by atoms with E-state index in [0.717, 1.165) is 52.1 Å². The number of carbonyl (C=O) groups is 2. The van der Waals surface area contributed by atoms with Crippen LogP contribution in [0, 0.1) is 0 Å². The first-order chi connectivity index (χ1) is 20.2. The average molecular weight is 595 g/mol. The molecule has 11 heteroatoms. The Morgan fingerprint density at radius 3 is 2.55 bits per heavy atom. The Balaban J connectivity index is 1.68. The summed E-state index contributed by atoms with van der Waals surface area (Å²) < 4.78 is 43.6. The Bertz CT molecular complexity index is 1630. The van der Waals surface area contributed by atoms with Crippen LogP contribution in [0.25, 0.3) is 22.2 Å². The summed E-state index contributed by atoms with van der Waals surface area (Å²) in [5.41, 5.74) is 4.19. The maximum Gasteiger partial charge on any atom is 0.303 e. The van der Waals surface area contributed by atoms with E-state index in [1.807, 2.05) is 30.3 Å². The van der Waals surface area contributed by atoms with Crippen LogP contribution in [0.2, 0.25) is 0 Å². The largest absolute Gasteiger partial charge is 0.483 e. The molecule has 0 saturated heterocycles. The van der Waals surface area contributed by atoms with Gasteiger partial charge in [0.1, 0.15) is 5.75 Å². The summed E-state index contributed by atoms with van der Waals surface area (Å²) in [6, 6.07) is 12.6. The van der Waals surface area contributed by atoms with E-state index in [1.54, 1.807) is 24.1 Å². The van der Waals surface area contributed by atoms with E-state index < -0.39 is 16.1 Å². The molecule has 1 saturated carbocycles. The van der Waals surface area contributed by atoms with E-state index in [2.05, 4.69) is 16.2 Å². The fourth-order valence-corrected chi connectivity index (χ4v) is 7.54. The average Bonchev–Trinajstić information content (AvgIpc) is 3.33. The Hall–Kier alpha value is -3.41. The van der Waals surface area contributed by atoms with Crippen LogP contribution in [-0.4, -0.2) is 80.5 Å². The van der Waals surface area contributed by atoms with Crippen LogP contribution in [-0.2, 0) is 19.7 Å². The number of benzene rings is 2. The van der Waals surface area contributed by atoms with Gasteiger partial charge in [0.25, 0.3) is 11.8 Å². The number of hydrogen-bond donors (Lipinski definition) is 1. The Kier molecular flexibility index (Phi) is 7.75. The van der Waals surface area contributed by atoms with Gasteiger partial charge in [-0.05, 0) is 55.5 Å². The number of nitrogens with one attached hydrogen (secondary N) is 1. The van der Waals surface area contributed by atoms with Gasteiger partial charge in [0.05, 0.1) is 31.0 Å². The molecule has 0 spiro atoms. The molecule has 1 fully saturated rings. The van der Waals surface area contributed by atoms with Gasteiger partial charge >= 0.3 is 10.2 Å². The number of rotatable bonds is 1. The van der Waals surface area contributed by atoms with E-state index in [4.69, 9.17) is 9.47 Å². The van der Waals surface area contributed by atoms with Crippen molar-refractivity contribution in [2.24, 2.45) is 0 Å². The zero-order valence-electron chi connectivity index (χ0n) is 24.3. The smallest absolute Gasteiger partial charge is 0.303 e. The third kappa shape index (κ3) is 5.07. The van der Waals surface area contributed by atoms with Gasteiger partial charge < -0.3 is 18.9 Å².